The quantitative estimate of drug-likeness (QED) is 0.483. The summed E-state index contributed by atoms with van der Waals surface area (Å²) < 4.78 is 5.37. The van der Waals surface area contributed by atoms with E-state index in [9.17, 15) is 4.79 Å². The van der Waals surface area contributed by atoms with Gasteiger partial charge in [-0.25, -0.2) is 0 Å². The Bertz CT molecular complexity index is 710. The van der Waals surface area contributed by atoms with Gasteiger partial charge in [0.15, 0.2) is 5.78 Å². The number of likely N-dealkylation sites (N-methyl/N-ethyl adjacent to an activating group) is 1. The summed E-state index contributed by atoms with van der Waals surface area (Å²) in [5, 5.41) is 3.17. The Morgan fingerprint density at radius 2 is 1.67 bits per heavy atom. The van der Waals surface area contributed by atoms with Crippen molar-refractivity contribution in [2.45, 2.75) is 53.0 Å². The first-order valence-corrected chi connectivity index (χ1v) is 11.0. The zero-order valence-corrected chi connectivity index (χ0v) is 19.8. The van der Waals surface area contributed by atoms with Crippen LogP contribution >= 0.6 is 0 Å². The lowest BCUT2D eigenvalue weighted by molar-refractivity contribution is -0.121. The van der Waals surface area contributed by atoms with Gasteiger partial charge in [-0.15, -0.1) is 0 Å². The van der Waals surface area contributed by atoms with E-state index in [1.807, 2.05) is 40.0 Å². The number of rotatable bonds is 8. The monoisotopic (exact) mass is 412 g/mol. The summed E-state index contributed by atoms with van der Waals surface area (Å²) in [7, 11) is 1.84. The van der Waals surface area contributed by atoms with Crippen LogP contribution in [-0.2, 0) is 9.53 Å². The molecule has 0 aliphatic carbocycles. The fourth-order valence-corrected chi connectivity index (χ4v) is 3.48. The first-order valence-electron chi connectivity index (χ1n) is 11.0. The number of carbonyl (C=O) groups is 1. The molecule has 1 fully saturated rings. The number of morpholine rings is 1. The van der Waals surface area contributed by atoms with E-state index in [0.717, 1.165) is 44.8 Å². The number of Topliss-reactive ketones (excluding diaryl/α,β-unsaturated/α-hetero) is 1. The largest absolute Gasteiger partial charge is 0.378 e. The van der Waals surface area contributed by atoms with Gasteiger partial charge in [0.25, 0.3) is 0 Å². The first kappa shape index (κ1) is 25.9. The molecular weight excluding hydrogens is 372 g/mol. The van der Waals surface area contributed by atoms with E-state index in [2.05, 4.69) is 61.0 Å². The Morgan fingerprint density at radius 1 is 1.13 bits per heavy atom. The number of carbonyl (C=O) groups excluding carboxylic acids is 1. The molecule has 4 heteroatoms. The van der Waals surface area contributed by atoms with Crippen molar-refractivity contribution in [1.82, 2.24) is 10.2 Å². The minimum absolute atomic E-state index is 0.0775. The summed E-state index contributed by atoms with van der Waals surface area (Å²) in [5.41, 5.74) is 3.89. The average Bonchev–Trinajstić information content (AvgIpc) is 2.78. The number of hydrogen-bond acceptors (Lipinski definition) is 4. The molecule has 1 saturated heterocycles. The number of ketones is 1. The molecule has 1 aliphatic rings. The van der Waals surface area contributed by atoms with Gasteiger partial charge in [0, 0.05) is 24.4 Å². The van der Waals surface area contributed by atoms with E-state index >= 15 is 0 Å². The van der Waals surface area contributed by atoms with Crippen LogP contribution in [0.5, 0.6) is 0 Å². The van der Waals surface area contributed by atoms with Gasteiger partial charge < -0.3 is 15.0 Å². The van der Waals surface area contributed by atoms with Crippen LogP contribution in [0.15, 0.2) is 60.3 Å². The molecule has 1 aromatic carbocycles. The normalized spacial score (nSPS) is 15.0. The predicted molar refractivity (Wildman–Crippen MR) is 128 cm³/mol. The topological polar surface area (TPSA) is 41.6 Å². The van der Waals surface area contributed by atoms with E-state index in [0.29, 0.717) is 5.57 Å². The Morgan fingerprint density at radius 3 is 2.07 bits per heavy atom. The summed E-state index contributed by atoms with van der Waals surface area (Å²) in [5.74, 6) is 0.0775. The molecule has 0 atom stereocenters. The third-order valence-corrected chi connectivity index (χ3v) is 5.96. The van der Waals surface area contributed by atoms with Crippen molar-refractivity contribution in [2.75, 3.05) is 33.4 Å². The number of hydrogen-bond donors (Lipinski definition) is 1. The van der Waals surface area contributed by atoms with Crippen molar-refractivity contribution in [1.29, 1.82) is 0 Å². The van der Waals surface area contributed by atoms with Gasteiger partial charge in [0.1, 0.15) is 0 Å². The maximum Gasteiger partial charge on any atom is 0.182 e. The van der Waals surface area contributed by atoms with Crippen LogP contribution in [0.3, 0.4) is 0 Å². The molecule has 2 rings (SSSR count). The summed E-state index contributed by atoms with van der Waals surface area (Å²) in [4.78, 5) is 14.9. The van der Waals surface area contributed by atoms with Gasteiger partial charge >= 0.3 is 0 Å². The fraction of sp³-hybridized carbons (Fsp3) is 0.500. The summed E-state index contributed by atoms with van der Waals surface area (Å²) in [6.07, 6.45) is 7.39. The highest BCUT2D eigenvalue weighted by Crippen LogP contribution is 2.21. The average molecular weight is 413 g/mol. The van der Waals surface area contributed by atoms with E-state index in [-0.39, 0.29) is 5.78 Å². The highest BCUT2D eigenvalue weighted by molar-refractivity contribution is 6.04. The standard InChI is InChI=1S/C18H30N2O2.C8H10/c1-6-16(20-11-13-22-14-12-20)10-9-15(4)17(21)18(7-2,8-3)19-5;1-7-5-3-4-6-8(7)2/h6,9-10,19H,4,7-8,11-14H2,1-3,5H3;3-6H,1-2H3/b10-9-,16-6+;. The molecule has 30 heavy (non-hydrogen) atoms. The molecule has 0 radical (unpaired) electrons. The summed E-state index contributed by atoms with van der Waals surface area (Å²) >= 11 is 0. The smallest absolute Gasteiger partial charge is 0.182 e. The van der Waals surface area contributed by atoms with Gasteiger partial charge in [-0.1, -0.05) is 50.8 Å². The highest BCUT2D eigenvalue weighted by atomic mass is 16.5. The van der Waals surface area contributed by atoms with Crippen molar-refractivity contribution in [2.24, 2.45) is 0 Å². The van der Waals surface area contributed by atoms with Crippen LogP contribution in [0.25, 0.3) is 0 Å². The molecule has 0 bridgehead atoms. The second-order valence-electron chi connectivity index (χ2n) is 7.62. The molecule has 1 heterocycles. The van der Waals surface area contributed by atoms with Gasteiger partial charge in [-0.3, -0.25) is 4.79 Å². The molecular formula is C26H40N2O2. The minimum Gasteiger partial charge on any atom is -0.378 e. The van der Waals surface area contributed by atoms with Gasteiger partial charge in [0.2, 0.25) is 0 Å². The molecule has 1 aromatic rings. The lowest BCUT2D eigenvalue weighted by Gasteiger charge is -2.31. The van der Waals surface area contributed by atoms with Crippen molar-refractivity contribution in [3.63, 3.8) is 0 Å². The predicted octanol–water partition coefficient (Wildman–Crippen LogP) is 4.99. The molecule has 0 aromatic heterocycles. The SMILES string of the molecule is C=C(/C=C\C(=C/C)N1CCOCC1)C(=O)C(CC)(CC)NC.Cc1ccccc1C. The lowest BCUT2D eigenvalue weighted by atomic mass is 9.84. The molecule has 1 N–H and O–H groups in total. The Kier molecular flexibility index (Phi) is 11.4. The van der Waals surface area contributed by atoms with Gasteiger partial charge in [-0.2, -0.15) is 0 Å². The minimum atomic E-state index is -0.503. The lowest BCUT2D eigenvalue weighted by Crippen LogP contribution is -2.49. The van der Waals surface area contributed by atoms with Crippen LogP contribution in [0.1, 0.15) is 44.7 Å². The molecule has 0 spiro atoms. The van der Waals surface area contributed by atoms with Crippen LogP contribution in [0.2, 0.25) is 0 Å². The van der Waals surface area contributed by atoms with Gasteiger partial charge in [-0.05, 0) is 63.9 Å². The number of ether oxygens (including phenoxy) is 1. The zero-order valence-electron chi connectivity index (χ0n) is 19.8. The zero-order chi connectivity index (χ0) is 22.6. The molecule has 4 nitrogen and oxygen atoms in total. The second kappa shape index (κ2) is 13.2. The molecule has 0 unspecified atom stereocenters. The van der Waals surface area contributed by atoms with Crippen molar-refractivity contribution in [3.8, 4) is 0 Å². The Hall–Kier alpha value is -2.17. The van der Waals surface area contributed by atoms with Gasteiger partial charge in [0.05, 0.1) is 18.8 Å². The number of nitrogens with zero attached hydrogens (tertiary/aromatic N) is 1. The fourth-order valence-electron chi connectivity index (χ4n) is 3.48. The third-order valence-electron chi connectivity index (χ3n) is 5.96. The second-order valence-corrected chi connectivity index (χ2v) is 7.62. The summed E-state index contributed by atoms with van der Waals surface area (Å²) in [6.45, 7) is 17.5. The summed E-state index contributed by atoms with van der Waals surface area (Å²) in [6, 6.07) is 8.36. The van der Waals surface area contributed by atoms with Crippen LogP contribution < -0.4 is 5.32 Å². The van der Waals surface area contributed by atoms with E-state index < -0.39 is 5.54 Å². The van der Waals surface area contributed by atoms with Crippen molar-refractivity contribution in [3.05, 3.63) is 71.5 Å². The molecule has 166 valence electrons. The van der Waals surface area contributed by atoms with E-state index in [1.54, 1.807) is 0 Å². The van der Waals surface area contributed by atoms with Crippen LogP contribution in [0, 0.1) is 13.8 Å². The maximum absolute atomic E-state index is 12.7. The van der Waals surface area contributed by atoms with E-state index in [1.165, 1.54) is 11.1 Å². The molecule has 1 aliphatic heterocycles. The highest BCUT2D eigenvalue weighted by Gasteiger charge is 2.33. The molecule has 0 saturated carbocycles. The number of nitrogens with one attached hydrogen (secondary N) is 1. The number of benzene rings is 1. The first-order chi connectivity index (χ1) is 14.3. The van der Waals surface area contributed by atoms with Crippen LogP contribution in [0.4, 0.5) is 0 Å². The van der Waals surface area contributed by atoms with Crippen LogP contribution in [-0.4, -0.2) is 49.6 Å². The number of allylic oxidation sites excluding steroid dienone is 3. The Balaban J connectivity index is 0.000000467. The maximum atomic E-state index is 12.7. The number of aryl methyl sites for hydroxylation is 2. The van der Waals surface area contributed by atoms with Crippen molar-refractivity contribution < 1.29 is 9.53 Å². The third kappa shape index (κ3) is 7.26. The van der Waals surface area contributed by atoms with Crippen molar-refractivity contribution >= 4 is 5.78 Å². The molecule has 0 amide bonds. The van der Waals surface area contributed by atoms with E-state index in [4.69, 9.17) is 4.74 Å². The Labute approximate surface area is 183 Å².